The predicted molar refractivity (Wildman–Crippen MR) is 114 cm³/mol. The van der Waals surface area contributed by atoms with Gasteiger partial charge in [-0.15, -0.1) is 0 Å². The van der Waals surface area contributed by atoms with Crippen molar-refractivity contribution in [1.29, 1.82) is 0 Å². The predicted octanol–water partition coefficient (Wildman–Crippen LogP) is 3.16. The number of nitrogens with one attached hydrogen (secondary N) is 1. The van der Waals surface area contributed by atoms with Crippen LogP contribution in [-0.2, 0) is 16.0 Å². The Bertz CT molecular complexity index is 793. The summed E-state index contributed by atoms with van der Waals surface area (Å²) in [5.41, 5.74) is 4.78. The fourth-order valence-electron chi connectivity index (χ4n) is 4.02. The molecule has 0 unspecified atom stereocenters. The first-order valence-electron chi connectivity index (χ1n) is 9.71. The van der Waals surface area contributed by atoms with Crippen molar-refractivity contribution in [1.82, 2.24) is 19.8 Å². The summed E-state index contributed by atoms with van der Waals surface area (Å²) in [7, 11) is 3.47. The van der Waals surface area contributed by atoms with Gasteiger partial charge < -0.3 is 24.3 Å². The first-order valence-corrected chi connectivity index (χ1v) is 10.1. The highest BCUT2D eigenvalue weighted by Crippen LogP contribution is 2.40. The van der Waals surface area contributed by atoms with E-state index in [1.807, 2.05) is 18.3 Å². The molecule has 28 heavy (non-hydrogen) atoms. The molecule has 1 N–H and O–H groups in total. The molecule has 0 bridgehead atoms. The summed E-state index contributed by atoms with van der Waals surface area (Å²) in [5, 5.41) is 4.29. The van der Waals surface area contributed by atoms with Gasteiger partial charge in [0.15, 0.2) is 5.11 Å². The van der Waals surface area contributed by atoms with E-state index in [2.05, 4.69) is 45.7 Å². The average Bonchev–Trinajstić information content (AvgIpc) is 3.17. The van der Waals surface area contributed by atoms with Crippen LogP contribution < -0.4 is 5.32 Å². The Hall–Kier alpha value is -1.96. The minimum atomic E-state index is 0.0209. The van der Waals surface area contributed by atoms with E-state index in [1.54, 1.807) is 14.2 Å². The molecule has 0 radical (unpaired) electrons. The summed E-state index contributed by atoms with van der Waals surface area (Å²) in [6.07, 6.45) is 2.76. The summed E-state index contributed by atoms with van der Waals surface area (Å²) in [4.78, 5) is 6.90. The van der Waals surface area contributed by atoms with Gasteiger partial charge in [0.2, 0.25) is 0 Å². The maximum atomic E-state index is 5.72. The van der Waals surface area contributed by atoms with E-state index < -0.39 is 0 Å². The number of nitrogens with zero attached hydrogens (tertiary/aromatic N) is 3. The fourth-order valence-corrected chi connectivity index (χ4v) is 4.35. The molecule has 2 aromatic heterocycles. The standard InChI is InChI=1S/C21H30N4O2S/c1-15-14-17(16(2)24(15)11-13-27-4)20-19(18-8-5-6-9-22-18)23-21(28)25(20)10-7-12-26-3/h5-6,8-9,14,19-20H,7,10-13H2,1-4H3,(H,23,28)/t19-,20-/m1/s1. The molecule has 2 aromatic rings. The highest BCUT2D eigenvalue weighted by atomic mass is 32.1. The number of pyridine rings is 1. The third-order valence-corrected chi connectivity index (χ3v) is 5.75. The molecule has 1 saturated heterocycles. The van der Waals surface area contributed by atoms with Gasteiger partial charge in [-0.25, -0.2) is 0 Å². The molecule has 1 fully saturated rings. The SMILES string of the molecule is COCCCN1C(=S)N[C@H](c2ccccn2)[C@H]1c1cc(C)n(CCOC)c1C. The van der Waals surface area contributed by atoms with Gasteiger partial charge in [-0.3, -0.25) is 4.98 Å². The molecule has 2 atom stereocenters. The molecule has 152 valence electrons. The fraction of sp³-hybridized carbons (Fsp3) is 0.524. The van der Waals surface area contributed by atoms with Crippen molar-refractivity contribution in [3.05, 3.63) is 53.1 Å². The smallest absolute Gasteiger partial charge is 0.170 e. The number of aromatic nitrogens is 2. The highest BCUT2D eigenvalue weighted by Gasteiger charge is 2.40. The minimum Gasteiger partial charge on any atom is -0.385 e. The van der Waals surface area contributed by atoms with Crippen LogP contribution in [0.15, 0.2) is 30.5 Å². The number of rotatable bonds is 9. The molecule has 3 heterocycles. The maximum absolute atomic E-state index is 5.72. The van der Waals surface area contributed by atoms with Gasteiger partial charge in [0.1, 0.15) is 0 Å². The van der Waals surface area contributed by atoms with Crippen LogP contribution in [0.25, 0.3) is 0 Å². The molecule has 0 amide bonds. The summed E-state index contributed by atoms with van der Waals surface area (Å²) < 4.78 is 12.9. The van der Waals surface area contributed by atoms with Crippen LogP contribution in [-0.4, -0.2) is 53.5 Å². The van der Waals surface area contributed by atoms with Crippen LogP contribution in [0.3, 0.4) is 0 Å². The first-order chi connectivity index (χ1) is 13.6. The van der Waals surface area contributed by atoms with Crippen LogP contribution in [0, 0.1) is 13.8 Å². The second-order valence-electron chi connectivity index (χ2n) is 7.14. The lowest BCUT2D eigenvalue weighted by Gasteiger charge is -2.28. The summed E-state index contributed by atoms with van der Waals surface area (Å²) >= 11 is 5.72. The van der Waals surface area contributed by atoms with Gasteiger partial charge in [-0.2, -0.15) is 0 Å². The molecule has 0 aliphatic carbocycles. The lowest BCUT2D eigenvalue weighted by molar-refractivity contribution is 0.180. The quantitative estimate of drug-likeness (QED) is 0.514. The number of thiocarbonyl (C=S) groups is 1. The van der Waals surface area contributed by atoms with E-state index in [4.69, 9.17) is 21.7 Å². The molecule has 6 nitrogen and oxygen atoms in total. The van der Waals surface area contributed by atoms with Crippen molar-refractivity contribution in [3.63, 3.8) is 0 Å². The highest BCUT2D eigenvalue weighted by molar-refractivity contribution is 7.80. The molecule has 1 aliphatic rings. The lowest BCUT2D eigenvalue weighted by Crippen LogP contribution is -2.31. The Balaban J connectivity index is 1.99. The second-order valence-corrected chi connectivity index (χ2v) is 7.52. The minimum absolute atomic E-state index is 0.0209. The number of hydrogen-bond donors (Lipinski definition) is 1. The third-order valence-electron chi connectivity index (χ3n) is 5.40. The third kappa shape index (κ3) is 4.21. The normalized spacial score (nSPS) is 19.3. The zero-order valence-corrected chi connectivity index (χ0v) is 18.0. The van der Waals surface area contributed by atoms with Crippen molar-refractivity contribution in [2.45, 2.75) is 38.9 Å². The van der Waals surface area contributed by atoms with Gasteiger partial charge in [0, 0.05) is 51.5 Å². The van der Waals surface area contributed by atoms with Gasteiger partial charge in [0.05, 0.1) is 24.4 Å². The van der Waals surface area contributed by atoms with Gasteiger partial charge in [-0.05, 0) is 56.2 Å². The molecule has 7 heteroatoms. The molecular weight excluding hydrogens is 372 g/mol. The zero-order chi connectivity index (χ0) is 20.1. The van der Waals surface area contributed by atoms with Crippen LogP contribution in [0.5, 0.6) is 0 Å². The maximum Gasteiger partial charge on any atom is 0.170 e. The van der Waals surface area contributed by atoms with Crippen LogP contribution >= 0.6 is 12.2 Å². The largest absolute Gasteiger partial charge is 0.385 e. The summed E-state index contributed by atoms with van der Waals surface area (Å²) in [6.45, 7) is 7.43. The van der Waals surface area contributed by atoms with Crippen molar-refractivity contribution >= 4 is 17.3 Å². The Morgan fingerprint density at radius 2 is 1.93 bits per heavy atom. The lowest BCUT2D eigenvalue weighted by atomic mass is 9.96. The van der Waals surface area contributed by atoms with E-state index in [0.717, 1.165) is 30.3 Å². The first kappa shape index (κ1) is 20.8. The monoisotopic (exact) mass is 402 g/mol. The molecule has 3 rings (SSSR count). The van der Waals surface area contributed by atoms with E-state index in [-0.39, 0.29) is 12.1 Å². The van der Waals surface area contributed by atoms with Crippen molar-refractivity contribution in [2.24, 2.45) is 0 Å². The van der Waals surface area contributed by atoms with E-state index in [9.17, 15) is 0 Å². The molecule has 0 aromatic carbocycles. The van der Waals surface area contributed by atoms with Crippen molar-refractivity contribution in [2.75, 3.05) is 34.0 Å². The zero-order valence-electron chi connectivity index (χ0n) is 17.1. The summed E-state index contributed by atoms with van der Waals surface area (Å²) in [6, 6.07) is 8.44. The number of hydrogen-bond acceptors (Lipinski definition) is 4. The van der Waals surface area contributed by atoms with E-state index in [1.165, 1.54) is 17.0 Å². The number of aryl methyl sites for hydroxylation is 1. The van der Waals surface area contributed by atoms with Crippen molar-refractivity contribution in [3.8, 4) is 0 Å². The molecule has 1 aliphatic heterocycles. The topological polar surface area (TPSA) is 51.5 Å². The molecular formula is C21H30N4O2S. The number of methoxy groups -OCH3 is 2. The molecule has 0 saturated carbocycles. The van der Waals surface area contributed by atoms with Crippen molar-refractivity contribution < 1.29 is 9.47 Å². The number of ether oxygens (including phenoxy) is 2. The summed E-state index contributed by atoms with van der Waals surface area (Å²) in [5.74, 6) is 0. The second kappa shape index (κ2) is 9.49. The van der Waals surface area contributed by atoms with Crippen LogP contribution in [0.2, 0.25) is 0 Å². The van der Waals surface area contributed by atoms with Gasteiger partial charge in [0.25, 0.3) is 0 Å². The molecule has 0 spiro atoms. The van der Waals surface area contributed by atoms with Gasteiger partial charge >= 0.3 is 0 Å². The Kier molecular flexibility index (Phi) is 7.04. The van der Waals surface area contributed by atoms with Gasteiger partial charge in [-0.1, -0.05) is 6.07 Å². The van der Waals surface area contributed by atoms with E-state index in [0.29, 0.717) is 13.2 Å². The van der Waals surface area contributed by atoms with Crippen LogP contribution in [0.4, 0.5) is 0 Å². The average molecular weight is 403 g/mol. The Morgan fingerprint density at radius 1 is 1.14 bits per heavy atom. The Morgan fingerprint density at radius 3 is 2.61 bits per heavy atom. The van der Waals surface area contributed by atoms with Crippen LogP contribution in [0.1, 0.15) is 41.1 Å². The Labute approximate surface area is 172 Å². The van der Waals surface area contributed by atoms with E-state index >= 15 is 0 Å².